The molecule has 21 heavy (non-hydrogen) atoms. The topological polar surface area (TPSA) is 24.5 Å². The van der Waals surface area contributed by atoms with Crippen LogP contribution >= 0.6 is 0 Å². The number of hydrogen-bond donors (Lipinski definition) is 1. The molecule has 3 nitrogen and oxygen atoms in total. The first-order valence-corrected chi connectivity index (χ1v) is 8.07. The number of rotatable bonds is 5. The SMILES string of the molecule is CN(CC1CCOCC1)c1ccc(CNC(C)(C)C)cc1. The van der Waals surface area contributed by atoms with E-state index in [4.69, 9.17) is 4.74 Å². The molecule has 0 unspecified atom stereocenters. The maximum Gasteiger partial charge on any atom is 0.0469 e. The molecule has 1 aromatic carbocycles. The van der Waals surface area contributed by atoms with Crippen molar-refractivity contribution in [3.8, 4) is 0 Å². The third-order valence-electron chi connectivity index (χ3n) is 4.07. The molecule has 2 rings (SSSR count). The fourth-order valence-electron chi connectivity index (χ4n) is 2.66. The largest absolute Gasteiger partial charge is 0.381 e. The molecule has 0 aromatic heterocycles. The van der Waals surface area contributed by atoms with E-state index in [1.165, 1.54) is 24.1 Å². The van der Waals surface area contributed by atoms with Gasteiger partial charge in [-0.3, -0.25) is 0 Å². The van der Waals surface area contributed by atoms with E-state index in [0.29, 0.717) is 0 Å². The maximum absolute atomic E-state index is 5.43. The van der Waals surface area contributed by atoms with Gasteiger partial charge in [0.05, 0.1) is 0 Å². The lowest BCUT2D eigenvalue weighted by atomic mass is 9.99. The van der Waals surface area contributed by atoms with Crippen LogP contribution in [-0.2, 0) is 11.3 Å². The molecule has 1 fully saturated rings. The summed E-state index contributed by atoms with van der Waals surface area (Å²) in [5.74, 6) is 0.769. The maximum atomic E-state index is 5.43. The summed E-state index contributed by atoms with van der Waals surface area (Å²) in [4.78, 5) is 2.37. The third kappa shape index (κ3) is 5.68. The van der Waals surface area contributed by atoms with Crippen molar-refractivity contribution in [3.05, 3.63) is 29.8 Å². The Balaban J connectivity index is 1.85. The first-order chi connectivity index (χ1) is 9.94. The van der Waals surface area contributed by atoms with Crippen molar-refractivity contribution in [2.75, 3.05) is 31.7 Å². The number of nitrogens with one attached hydrogen (secondary N) is 1. The van der Waals surface area contributed by atoms with E-state index >= 15 is 0 Å². The first kappa shape index (κ1) is 16.3. The summed E-state index contributed by atoms with van der Waals surface area (Å²) in [6.45, 7) is 10.5. The minimum absolute atomic E-state index is 0.165. The lowest BCUT2D eigenvalue weighted by Gasteiger charge is -2.28. The van der Waals surface area contributed by atoms with Gasteiger partial charge in [0.15, 0.2) is 0 Å². The molecule has 1 aromatic rings. The summed E-state index contributed by atoms with van der Waals surface area (Å²) in [5, 5.41) is 3.53. The van der Waals surface area contributed by atoms with E-state index in [-0.39, 0.29) is 5.54 Å². The Bertz CT molecular complexity index is 416. The summed E-state index contributed by atoms with van der Waals surface area (Å²) in [6.07, 6.45) is 2.38. The second kappa shape index (κ2) is 7.28. The van der Waals surface area contributed by atoms with E-state index < -0.39 is 0 Å². The Morgan fingerprint density at radius 2 is 1.76 bits per heavy atom. The molecule has 1 heterocycles. The number of hydrogen-bond acceptors (Lipinski definition) is 3. The molecule has 0 aliphatic carbocycles. The highest BCUT2D eigenvalue weighted by molar-refractivity contribution is 5.46. The molecule has 3 heteroatoms. The quantitative estimate of drug-likeness (QED) is 0.899. The molecule has 0 radical (unpaired) electrons. The van der Waals surface area contributed by atoms with Crippen LogP contribution in [-0.4, -0.2) is 32.3 Å². The number of anilines is 1. The van der Waals surface area contributed by atoms with Crippen LogP contribution in [0.4, 0.5) is 5.69 Å². The molecule has 1 aliphatic heterocycles. The lowest BCUT2D eigenvalue weighted by molar-refractivity contribution is 0.0685. The van der Waals surface area contributed by atoms with Gasteiger partial charge in [-0.2, -0.15) is 0 Å². The van der Waals surface area contributed by atoms with Gasteiger partial charge in [0, 0.05) is 44.6 Å². The predicted molar refractivity (Wildman–Crippen MR) is 89.8 cm³/mol. The molecule has 0 saturated carbocycles. The van der Waals surface area contributed by atoms with E-state index in [0.717, 1.165) is 32.2 Å². The average molecular weight is 290 g/mol. The number of benzene rings is 1. The average Bonchev–Trinajstić information content (AvgIpc) is 2.46. The van der Waals surface area contributed by atoms with Gasteiger partial charge in [-0.25, -0.2) is 0 Å². The minimum atomic E-state index is 0.165. The second-order valence-corrected chi connectivity index (χ2v) is 7.21. The molecular weight excluding hydrogens is 260 g/mol. The highest BCUT2D eigenvalue weighted by atomic mass is 16.5. The van der Waals surface area contributed by atoms with Crippen LogP contribution < -0.4 is 10.2 Å². The zero-order valence-corrected chi connectivity index (χ0v) is 14.0. The first-order valence-electron chi connectivity index (χ1n) is 8.07. The van der Waals surface area contributed by atoms with Crippen LogP contribution in [0.3, 0.4) is 0 Å². The van der Waals surface area contributed by atoms with Crippen molar-refractivity contribution in [1.82, 2.24) is 5.32 Å². The highest BCUT2D eigenvalue weighted by Gasteiger charge is 2.16. The van der Waals surface area contributed by atoms with Crippen molar-refractivity contribution in [1.29, 1.82) is 0 Å². The number of nitrogens with zero attached hydrogens (tertiary/aromatic N) is 1. The number of ether oxygens (including phenoxy) is 1. The fourth-order valence-corrected chi connectivity index (χ4v) is 2.66. The molecular formula is C18H30N2O. The van der Waals surface area contributed by atoms with Crippen LogP contribution in [0.15, 0.2) is 24.3 Å². The van der Waals surface area contributed by atoms with Crippen molar-refractivity contribution in [3.63, 3.8) is 0 Å². The van der Waals surface area contributed by atoms with Crippen LogP contribution in [0.25, 0.3) is 0 Å². The molecule has 118 valence electrons. The van der Waals surface area contributed by atoms with E-state index in [2.05, 4.69) is 62.3 Å². The van der Waals surface area contributed by atoms with Crippen LogP contribution in [0, 0.1) is 5.92 Å². The summed E-state index contributed by atoms with van der Waals surface area (Å²) in [7, 11) is 2.19. The van der Waals surface area contributed by atoms with Crippen LogP contribution in [0.1, 0.15) is 39.2 Å². The van der Waals surface area contributed by atoms with Gasteiger partial charge in [-0.15, -0.1) is 0 Å². The molecule has 1 aliphatic rings. The Hall–Kier alpha value is -1.06. The molecule has 1 N–H and O–H groups in total. The molecule has 0 spiro atoms. The van der Waals surface area contributed by atoms with Crippen molar-refractivity contribution < 1.29 is 4.74 Å². The Morgan fingerprint density at radius 1 is 1.14 bits per heavy atom. The summed E-state index contributed by atoms with van der Waals surface area (Å²) in [6, 6.07) is 8.93. The third-order valence-corrected chi connectivity index (χ3v) is 4.07. The van der Waals surface area contributed by atoms with E-state index in [1.54, 1.807) is 0 Å². The zero-order chi connectivity index (χ0) is 15.3. The van der Waals surface area contributed by atoms with E-state index in [1.807, 2.05) is 0 Å². The van der Waals surface area contributed by atoms with Gasteiger partial charge >= 0.3 is 0 Å². The minimum Gasteiger partial charge on any atom is -0.381 e. The van der Waals surface area contributed by atoms with Crippen molar-refractivity contribution in [2.24, 2.45) is 5.92 Å². The Labute approximate surface area is 129 Å². The van der Waals surface area contributed by atoms with Gasteiger partial charge < -0.3 is 15.0 Å². The van der Waals surface area contributed by atoms with Gasteiger partial charge in [0.25, 0.3) is 0 Å². The van der Waals surface area contributed by atoms with Crippen LogP contribution in [0.5, 0.6) is 0 Å². The molecule has 0 amide bonds. The van der Waals surface area contributed by atoms with E-state index in [9.17, 15) is 0 Å². The predicted octanol–water partition coefficient (Wildman–Crippen LogP) is 3.44. The fraction of sp³-hybridized carbons (Fsp3) is 0.667. The summed E-state index contributed by atoms with van der Waals surface area (Å²) >= 11 is 0. The zero-order valence-electron chi connectivity index (χ0n) is 14.0. The van der Waals surface area contributed by atoms with Gasteiger partial charge in [-0.1, -0.05) is 12.1 Å². The normalized spacial score (nSPS) is 17.0. The smallest absolute Gasteiger partial charge is 0.0469 e. The molecule has 1 saturated heterocycles. The molecule has 0 atom stereocenters. The second-order valence-electron chi connectivity index (χ2n) is 7.21. The standard InChI is InChI=1S/C18H30N2O/c1-18(2,3)19-13-15-5-7-17(8-6-15)20(4)14-16-9-11-21-12-10-16/h5-8,16,19H,9-14H2,1-4H3. The highest BCUT2D eigenvalue weighted by Crippen LogP contribution is 2.20. The Morgan fingerprint density at radius 3 is 2.33 bits per heavy atom. The summed E-state index contributed by atoms with van der Waals surface area (Å²) in [5.41, 5.74) is 2.81. The van der Waals surface area contributed by atoms with Crippen LogP contribution in [0.2, 0.25) is 0 Å². The monoisotopic (exact) mass is 290 g/mol. The molecule has 0 bridgehead atoms. The van der Waals surface area contributed by atoms with Crippen molar-refractivity contribution in [2.45, 2.75) is 45.7 Å². The lowest BCUT2D eigenvalue weighted by Crippen LogP contribution is -2.35. The summed E-state index contributed by atoms with van der Waals surface area (Å²) < 4.78 is 5.43. The van der Waals surface area contributed by atoms with Crippen molar-refractivity contribution >= 4 is 5.69 Å². The van der Waals surface area contributed by atoms with Gasteiger partial charge in [0.1, 0.15) is 0 Å². The van der Waals surface area contributed by atoms with Gasteiger partial charge in [0.2, 0.25) is 0 Å². The van der Waals surface area contributed by atoms with Gasteiger partial charge in [-0.05, 0) is 57.2 Å². The Kier molecular flexibility index (Phi) is 5.65.